The summed E-state index contributed by atoms with van der Waals surface area (Å²) in [5, 5.41) is 5.42. The molecule has 0 aliphatic rings. The van der Waals surface area contributed by atoms with Crippen molar-refractivity contribution >= 4 is 44.9 Å². The second-order valence-corrected chi connectivity index (χ2v) is 9.24. The first-order chi connectivity index (χ1) is 14.6. The topological polar surface area (TPSA) is 114 Å². The van der Waals surface area contributed by atoms with E-state index >= 15 is 0 Å². The molecule has 8 nitrogen and oxygen atoms in total. The predicted octanol–water partition coefficient (Wildman–Crippen LogP) is 3.06. The van der Waals surface area contributed by atoms with Crippen LogP contribution < -0.4 is 20.1 Å². The van der Waals surface area contributed by atoms with Gasteiger partial charge in [0.05, 0.1) is 11.5 Å². The van der Waals surface area contributed by atoms with Gasteiger partial charge < -0.3 is 10.1 Å². The first-order valence-corrected chi connectivity index (χ1v) is 11.4. The standard InChI is InChI=1S/C21H25N3O5S2/c1-14(2)12-13-29-18-8-4-16(5-9-18)20(26)23-21(30)22-17-6-10-19(11-7-17)31(27,28)24-15(3)25/h4-11,14H,12-13H2,1-3H3,(H,24,25)(H2,22,23,26,30). The van der Waals surface area contributed by atoms with Gasteiger partial charge in [0.25, 0.3) is 15.9 Å². The fourth-order valence-electron chi connectivity index (χ4n) is 2.42. The van der Waals surface area contributed by atoms with Gasteiger partial charge in [0, 0.05) is 18.2 Å². The van der Waals surface area contributed by atoms with Gasteiger partial charge >= 0.3 is 0 Å². The van der Waals surface area contributed by atoms with Crippen LogP contribution in [0, 0.1) is 5.92 Å². The first-order valence-electron chi connectivity index (χ1n) is 9.55. The third-order valence-electron chi connectivity index (χ3n) is 4.01. The smallest absolute Gasteiger partial charge is 0.264 e. The second-order valence-electron chi connectivity index (χ2n) is 7.15. The zero-order valence-electron chi connectivity index (χ0n) is 17.5. The zero-order chi connectivity index (χ0) is 23.0. The molecule has 0 spiro atoms. The maximum absolute atomic E-state index is 12.3. The Morgan fingerprint density at radius 1 is 1.03 bits per heavy atom. The number of thiocarbonyl (C=S) groups is 1. The highest BCUT2D eigenvalue weighted by atomic mass is 32.2. The van der Waals surface area contributed by atoms with Crippen molar-refractivity contribution in [3.63, 3.8) is 0 Å². The average molecular weight is 464 g/mol. The molecule has 0 unspecified atom stereocenters. The largest absolute Gasteiger partial charge is 0.494 e. The average Bonchev–Trinajstić information content (AvgIpc) is 2.67. The number of hydrogen-bond donors (Lipinski definition) is 3. The summed E-state index contributed by atoms with van der Waals surface area (Å²) in [6.07, 6.45) is 0.947. The Balaban J connectivity index is 1.90. The Hall–Kier alpha value is -2.98. The van der Waals surface area contributed by atoms with Crippen LogP contribution in [-0.2, 0) is 14.8 Å². The summed E-state index contributed by atoms with van der Waals surface area (Å²) in [6, 6.07) is 12.3. The molecule has 166 valence electrons. The van der Waals surface area contributed by atoms with Crippen molar-refractivity contribution in [1.82, 2.24) is 10.0 Å². The van der Waals surface area contributed by atoms with Crippen LogP contribution in [0.15, 0.2) is 53.4 Å². The van der Waals surface area contributed by atoms with E-state index in [-0.39, 0.29) is 10.0 Å². The number of hydrogen-bond acceptors (Lipinski definition) is 6. The summed E-state index contributed by atoms with van der Waals surface area (Å²) in [6.45, 7) is 5.97. The van der Waals surface area contributed by atoms with Gasteiger partial charge in [-0.25, -0.2) is 13.1 Å². The van der Waals surface area contributed by atoms with Crippen molar-refractivity contribution in [2.45, 2.75) is 32.1 Å². The highest BCUT2D eigenvalue weighted by Crippen LogP contribution is 2.15. The maximum atomic E-state index is 12.3. The number of carbonyl (C=O) groups is 2. The lowest BCUT2D eigenvalue weighted by molar-refractivity contribution is -0.117. The fraction of sp³-hybridized carbons (Fsp3) is 0.286. The number of rotatable bonds is 8. The van der Waals surface area contributed by atoms with Gasteiger partial charge in [-0.3, -0.25) is 14.9 Å². The van der Waals surface area contributed by atoms with Crippen LogP contribution in [0.25, 0.3) is 0 Å². The molecular formula is C21H25N3O5S2. The Morgan fingerprint density at radius 2 is 1.65 bits per heavy atom. The summed E-state index contributed by atoms with van der Waals surface area (Å²) in [5.74, 6) is 0.168. The number of anilines is 1. The summed E-state index contributed by atoms with van der Waals surface area (Å²) in [5.41, 5.74) is 0.887. The SMILES string of the molecule is CC(=O)NS(=O)(=O)c1ccc(NC(=S)NC(=O)c2ccc(OCCC(C)C)cc2)cc1. The van der Waals surface area contributed by atoms with Crippen molar-refractivity contribution in [1.29, 1.82) is 0 Å². The van der Waals surface area contributed by atoms with Crippen LogP contribution in [0.3, 0.4) is 0 Å². The van der Waals surface area contributed by atoms with Crippen molar-refractivity contribution in [2.24, 2.45) is 5.92 Å². The molecule has 2 aromatic rings. The van der Waals surface area contributed by atoms with E-state index in [0.717, 1.165) is 13.3 Å². The Kier molecular flexibility index (Phi) is 8.52. The lowest BCUT2D eigenvalue weighted by Gasteiger charge is -2.11. The lowest BCUT2D eigenvalue weighted by Crippen LogP contribution is -2.34. The van der Waals surface area contributed by atoms with Gasteiger partial charge in [-0.2, -0.15) is 0 Å². The van der Waals surface area contributed by atoms with E-state index < -0.39 is 21.8 Å². The minimum absolute atomic E-state index is 0.0553. The normalized spacial score (nSPS) is 11.0. The number of carbonyl (C=O) groups excluding carboxylic acids is 2. The van der Waals surface area contributed by atoms with Crippen molar-refractivity contribution in [2.75, 3.05) is 11.9 Å². The molecule has 0 fully saturated rings. The first kappa shape index (κ1) is 24.3. The van der Waals surface area contributed by atoms with Gasteiger partial charge in [0.1, 0.15) is 5.75 Å². The van der Waals surface area contributed by atoms with Gasteiger partial charge in [-0.05, 0) is 73.1 Å². The Morgan fingerprint density at radius 3 is 2.19 bits per heavy atom. The highest BCUT2D eigenvalue weighted by Gasteiger charge is 2.15. The monoisotopic (exact) mass is 463 g/mol. The van der Waals surface area contributed by atoms with Crippen LogP contribution in [-0.4, -0.2) is 32.0 Å². The molecule has 0 heterocycles. The fourth-order valence-corrected chi connectivity index (χ4v) is 3.62. The Bertz CT molecular complexity index is 1030. The van der Waals surface area contributed by atoms with Crippen LogP contribution in [0.5, 0.6) is 5.75 Å². The van der Waals surface area contributed by atoms with Gasteiger partial charge in [-0.1, -0.05) is 13.8 Å². The minimum Gasteiger partial charge on any atom is -0.494 e. The lowest BCUT2D eigenvalue weighted by atomic mass is 10.1. The molecule has 0 saturated carbocycles. The van der Waals surface area contributed by atoms with Gasteiger partial charge in [0.15, 0.2) is 5.11 Å². The Labute approximate surface area is 187 Å². The van der Waals surface area contributed by atoms with E-state index in [1.54, 1.807) is 24.3 Å². The summed E-state index contributed by atoms with van der Waals surface area (Å²) < 4.78 is 31.4. The number of amides is 2. The molecule has 0 aromatic heterocycles. The van der Waals surface area contributed by atoms with Crippen LogP contribution in [0.4, 0.5) is 5.69 Å². The molecular weight excluding hydrogens is 438 g/mol. The van der Waals surface area contributed by atoms with Crippen molar-refractivity contribution in [3.8, 4) is 5.75 Å². The number of nitrogens with one attached hydrogen (secondary N) is 3. The molecule has 0 aliphatic heterocycles. The summed E-state index contributed by atoms with van der Waals surface area (Å²) in [7, 11) is -3.91. The molecule has 2 rings (SSSR count). The molecule has 10 heteroatoms. The van der Waals surface area contributed by atoms with Crippen LogP contribution >= 0.6 is 12.2 Å². The van der Waals surface area contributed by atoms with E-state index in [9.17, 15) is 18.0 Å². The maximum Gasteiger partial charge on any atom is 0.264 e. The molecule has 0 radical (unpaired) electrons. The van der Waals surface area contributed by atoms with E-state index in [0.29, 0.717) is 29.5 Å². The molecule has 2 aromatic carbocycles. The highest BCUT2D eigenvalue weighted by molar-refractivity contribution is 7.90. The van der Waals surface area contributed by atoms with E-state index in [4.69, 9.17) is 17.0 Å². The number of benzene rings is 2. The number of ether oxygens (including phenoxy) is 1. The van der Waals surface area contributed by atoms with E-state index in [1.165, 1.54) is 24.3 Å². The molecule has 0 saturated heterocycles. The van der Waals surface area contributed by atoms with Crippen molar-refractivity contribution < 1.29 is 22.7 Å². The quantitative estimate of drug-likeness (QED) is 0.516. The molecule has 0 aliphatic carbocycles. The molecule has 2 amide bonds. The minimum atomic E-state index is -3.91. The molecule has 0 atom stereocenters. The second kappa shape index (κ2) is 10.9. The predicted molar refractivity (Wildman–Crippen MR) is 123 cm³/mol. The third kappa shape index (κ3) is 7.99. The van der Waals surface area contributed by atoms with Crippen molar-refractivity contribution in [3.05, 3.63) is 54.1 Å². The van der Waals surface area contributed by atoms with Gasteiger partial charge in [-0.15, -0.1) is 0 Å². The van der Waals surface area contributed by atoms with Crippen LogP contribution in [0.2, 0.25) is 0 Å². The third-order valence-corrected chi connectivity index (χ3v) is 5.66. The summed E-state index contributed by atoms with van der Waals surface area (Å²) in [4.78, 5) is 23.3. The number of sulfonamides is 1. The molecule has 3 N–H and O–H groups in total. The zero-order valence-corrected chi connectivity index (χ0v) is 19.1. The van der Waals surface area contributed by atoms with Gasteiger partial charge in [0.2, 0.25) is 5.91 Å². The summed E-state index contributed by atoms with van der Waals surface area (Å²) >= 11 is 5.14. The van der Waals surface area contributed by atoms with E-state index in [1.807, 2.05) is 4.72 Å². The molecule has 31 heavy (non-hydrogen) atoms. The molecule has 0 bridgehead atoms. The van der Waals surface area contributed by atoms with E-state index in [2.05, 4.69) is 24.5 Å². The van der Waals surface area contributed by atoms with Crippen LogP contribution in [0.1, 0.15) is 37.6 Å².